The van der Waals surface area contributed by atoms with E-state index in [9.17, 15) is 4.79 Å². The van der Waals surface area contributed by atoms with E-state index in [0.717, 1.165) is 27.9 Å². The lowest BCUT2D eigenvalue weighted by Gasteiger charge is -2.22. The summed E-state index contributed by atoms with van der Waals surface area (Å²) in [5.74, 6) is 1.64. The molecule has 2 aromatic carbocycles. The van der Waals surface area contributed by atoms with E-state index in [2.05, 4.69) is 4.99 Å². The van der Waals surface area contributed by atoms with E-state index < -0.39 is 0 Å². The first-order valence-electron chi connectivity index (χ1n) is 7.99. The van der Waals surface area contributed by atoms with Gasteiger partial charge in [0.2, 0.25) is 5.91 Å². The Labute approximate surface area is 156 Å². The molecule has 6 heteroatoms. The molecule has 3 rings (SSSR count). The van der Waals surface area contributed by atoms with E-state index in [-0.39, 0.29) is 11.9 Å². The molecule has 0 bridgehead atoms. The molecule has 0 radical (unpaired) electrons. The molecule has 1 aliphatic heterocycles. The number of carbonyl (C=O) groups is 1. The third kappa shape index (κ3) is 4.35. The molecule has 0 saturated carbocycles. The van der Waals surface area contributed by atoms with Gasteiger partial charge in [-0.15, -0.1) is 0 Å². The van der Waals surface area contributed by atoms with Gasteiger partial charge < -0.3 is 4.74 Å². The largest absolute Gasteiger partial charge is 0.497 e. The van der Waals surface area contributed by atoms with Crippen LogP contribution in [0.5, 0.6) is 5.75 Å². The molecule has 1 aliphatic rings. The predicted octanol–water partition coefficient (Wildman–Crippen LogP) is 4.42. The van der Waals surface area contributed by atoms with Crippen LogP contribution in [0.2, 0.25) is 5.02 Å². The van der Waals surface area contributed by atoms with Crippen LogP contribution in [0.1, 0.15) is 12.5 Å². The van der Waals surface area contributed by atoms with Gasteiger partial charge in [-0.25, -0.2) is 0 Å². The Morgan fingerprint density at radius 3 is 2.48 bits per heavy atom. The van der Waals surface area contributed by atoms with Crippen LogP contribution in [0.4, 0.5) is 5.69 Å². The van der Waals surface area contributed by atoms with Crippen molar-refractivity contribution in [2.45, 2.75) is 19.4 Å². The minimum Gasteiger partial charge on any atom is -0.497 e. The molecule has 1 amide bonds. The molecule has 0 fully saturated rings. The third-order valence-electron chi connectivity index (χ3n) is 3.82. The lowest BCUT2D eigenvalue weighted by Crippen LogP contribution is -2.35. The number of ether oxygens (including phenoxy) is 1. The second-order valence-corrected chi connectivity index (χ2v) is 7.23. The molecule has 0 unspecified atom stereocenters. The van der Waals surface area contributed by atoms with E-state index in [1.165, 1.54) is 0 Å². The number of anilines is 1. The molecule has 1 heterocycles. The zero-order chi connectivity index (χ0) is 17.8. The number of thioether (sulfide) groups is 1. The fourth-order valence-electron chi connectivity index (χ4n) is 2.53. The number of amidine groups is 1. The van der Waals surface area contributed by atoms with Crippen molar-refractivity contribution >= 4 is 40.1 Å². The lowest BCUT2D eigenvalue weighted by molar-refractivity contribution is -0.117. The SMILES string of the molecule is COc1ccc(CC(=O)N(C2=N[C@@H](C)CS2)c2ccc(Cl)cc2)cc1. The Kier molecular flexibility index (Phi) is 5.66. The van der Waals surface area contributed by atoms with E-state index in [1.807, 2.05) is 43.3 Å². The van der Waals surface area contributed by atoms with Crippen LogP contribution >= 0.6 is 23.4 Å². The van der Waals surface area contributed by atoms with Crippen LogP contribution in [-0.2, 0) is 11.2 Å². The Morgan fingerprint density at radius 2 is 1.92 bits per heavy atom. The van der Waals surface area contributed by atoms with Crippen molar-refractivity contribution in [2.24, 2.45) is 4.99 Å². The molecule has 130 valence electrons. The van der Waals surface area contributed by atoms with Gasteiger partial charge in [-0.1, -0.05) is 35.5 Å². The van der Waals surface area contributed by atoms with Crippen LogP contribution in [-0.4, -0.2) is 30.0 Å². The van der Waals surface area contributed by atoms with Crippen molar-refractivity contribution in [3.8, 4) is 5.75 Å². The van der Waals surface area contributed by atoms with Gasteiger partial charge in [0.05, 0.1) is 25.3 Å². The monoisotopic (exact) mass is 374 g/mol. The van der Waals surface area contributed by atoms with E-state index in [1.54, 1.807) is 35.9 Å². The van der Waals surface area contributed by atoms with Gasteiger partial charge >= 0.3 is 0 Å². The Balaban J connectivity index is 1.86. The van der Waals surface area contributed by atoms with Crippen molar-refractivity contribution in [2.75, 3.05) is 17.8 Å². The second-order valence-electron chi connectivity index (χ2n) is 5.80. The molecule has 0 N–H and O–H groups in total. The number of methoxy groups -OCH3 is 1. The molecule has 1 atom stereocenters. The van der Waals surface area contributed by atoms with Crippen molar-refractivity contribution < 1.29 is 9.53 Å². The predicted molar refractivity (Wildman–Crippen MR) is 105 cm³/mol. The van der Waals surface area contributed by atoms with Gasteiger partial charge in [-0.2, -0.15) is 0 Å². The van der Waals surface area contributed by atoms with Crippen molar-refractivity contribution in [3.05, 3.63) is 59.1 Å². The minimum atomic E-state index is -0.0205. The number of rotatable bonds is 4. The quantitative estimate of drug-likeness (QED) is 0.795. The fraction of sp³-hybridized carbons (Fsp3) is 0.263. The van der Waals surface area contributed by atoms with Crippen molar-refractivity contribution in [3.63, 3.8) is 0 Å². The molecule has 0 saturated heterocycles. The summed E-state index contributed by atoms with van der Waals surface area (Å²) in [6, 6.07) is 15.0. The maximum absolute atomic E-state index is 13.0. The number of hydrogen-bond donors (Lipinski definition) is 0. The molecular weight excluding hydrogens is 356 g/mol. The summed E-state index contributed by atoms with van der Waals surface area (Å²) < 4.78 is 5.16. The topological polar surface area (TPSA) is 41.9 Å². The number of hydrogen-bond acceptors (Lipinski definition) is 4. The first kappa shape index (κ1) is 17.8. The van der Waals surface area contributed by atoms with Crippen LogP contribution in [0.25, 0.3) is 0 Å². The van der Waals surface area contributed by atoms with Gasteiger partial charge in [-0.05, 0) is 48.9 Å². The standard InChI is InChI=1S/C19H19ClN2O2S/c1-13-12-25-19(21-13)22(16-7-5-15(20)6-8-16)18(23)11-14-3-9-17(24-2)10-4-14/h3-10,13H,11-12H2,1-2H3/t13-/m0/s1. The summed E-state index contributed by atoms with van der Waals surface area (Å²) >= 11 is 7.59. The summed E-state index contributed by atoms with van der Waals surface area (Å²) in [7, 11) is 1.62. The van der Waals surface area contributed by atoms with Gasteiger partial charge in [0.25, 0.3) is 0 Å². The van der Waals surface area contributed by atoms with Crippen LogP contribution in [0.15, 0.2) is 53.5 Å². The van der Waals surface area contributed by atoms with Gasteiger partial charge in [-0.3, -0.25) is 14.7 Å². The summed E-state index contributed by atoms with van der Waals surface area (Å²) in [6.07, 6.45) is 0.292. The summed E-state index contributed by atoms with van der Waals surface area (Å²) in [4.78, 5) is 19.3. The van der Waals surface area contributed by atoms with E-state index >= 15 is 0 Å². The Hall–Kier alpha value is -1.98. The molecule has 0 aliphatic carbocycles. The number of nitrogens with zero attached hydrogens (tertiary/aromatic N) is 2. The molecule has 0 aromatic heterocycles. The van der Waals surface area contributed by atoms with Gasteiger partial charge in [0.1, 0.15) is 5.75 Å². The Bertz CT molecular complexity index is 775. The highest BCUT2D eigenvalue weighted by molar-refractivity contribution is 8.14. The number of aliphatic imine (C=N–C) groups is 1. The first-order valence-corrected chi connectivity index (χ1v) is 9.35. The molecular formula is C19H19ClN2O2S. The highest BCUT2D eigenvalue weighted by Gasteiger charge is 2.26. The molecule has 0 spiro atoms. The fourth-order valence-corrected chi connectivity index (χ4v) is 3.71. The average Bonchev–Trinajstić information content (AvgIpc) is 3.03. The second kappa shape index (κ2) is 7.93. The number of carbonyl (C=O) groups excluding carboxylic acids is 1. The zero-order valence-corrected chi connectivity index (χ0v) is 15.7. The first-order chi connectivity index (χ1) is 12.1. The van der Waals surface area contributed by atoms with Gasteiger partial charge in [0.15, 0.2) is 5.17 Å². The number of amides is 1. The average molecular weight is 375 g/mol. The summed E-state index contributed by atoms with van der Waals surface area (Å²) in [5.41, 5.74) is 1.71. The highest BCUT2D eigenvalue weighted by Crippen LogP contribution is 2.27. The maximum atomic E-state index is 13.0. The summed E-state index contributed by atoms with van der Waals surface area (Å²) in [5, 5.41) is 1.38. The van der Waals surface area contributed by atoms with Crippen molar-refractivity contribution in [1.82, 2.24) is 0 Å². The Morgan fingerprint density at radius 1 is 1.24 bits per heavy atom. The molecule has 4 nitrogen and oxygen atoms in total. The maximum Gasteiger partial charge on any atom is 0.237 e. The van der Waals surface area contributed by atoms with E-state index in [4.69, 9.17) is 16.3 Å². The summed E-state index contributed by atoms with van der Waals surface area (Å²) in [6.45, 7) is 2.05. The number of benzene rings is 2. The normalized spacial score (nSPS) is 16.4. The highest BCUT2D eigenvalue weighted by atomic mass is 35.5. The van der Waals surface area contributed by atoms with Crippen molar-refractivity contribution in [1.29, 1.82) is 0 Å². The minimum absolute atomic E-state index is 0.0205. The molecule has 2 aromatic rings. The lowest BCUT2D eigenvalue weighted by atomic mass is 10.1. The number of halogens is 1. The molecule has 25 heavy (non-hydrogen) atoms. The van der Waals surface area contributed by atoms with Crippen LogP contribution in [0, 0.1) is 0 Å². The van der Waals surface area contributed by atoms with E-state index in [0.29, 0.717) is 11.4 Å². The van der Waals surface area contributed by atoms with Gasteiger partial charge in [0, 0.05) is 10.8 Å². The smallest absolute Gasteiger partial charge is 0.237 e. The zero-order valence-electron chi connectivity index (χ0n) is 14.1. The van der Waals surface area contributed by atoms with Crippen LogP contribution in [0.3, 0.4) is 0 Å². The third-order valence-corrected chi connectivity index (χ3v) is 5.27. The van der Waals surface area contributed by atoms with Crippen LogP contribution < -0.4 is 9.64 Å².